The largest absolute Gasteiger partial charge is 0.502 e. The van der Waals surface area contributed by atoms with Gasteiger partial charge in [-0.15, -0.1) is 0 Å². The van der Waals surface area contributed by atoms with Crippen LogP contribution in [0.25, 0.3) is 0 Å². The minimum absolute atomic E-state index is 0.0341. The van der Waals surface area contributed by atoms with Gasteiger partial charge in [0.1, 0.15) is 5.82 Å². The van der Waals surface area contributed by atoms with E-state index in [1.54, 1.807) is 60.7 Å². The highest BCUT2D eigenvalue weighted by Crippen LogP contribution is 2.65. The van der Waals surface area contributed by atoms with Gasteiger partial charge in [-0.1, -0.05) is 35.4 Å². The molecule has 320 valence electrons. The van der Waals surface area contributed by atoms with Gasteiger partial charge in [-0.2, -0.15) is 15.2 Å². The summed E-state index contributed by atoms with van der Waals surface area (Å²) < 4.78 is 25.2. The zero-order chi connectivity index (χ0) is 44.3. The number of anilines is 3. The van der Waals surface area contributed by atoms with Crippen molar-refractivity contribution >= 4 is 63.7 Å². The lowest BCUT2D eigenvalue weighted by molar-refractivity contribution is -0.138. The summed E-state index contributed by atoms with van der Waals surface area (Å²) in [6, 6.07) is 29.5. The molecule has 2 aliphatic carbocycles. The summed E-state index contributed by atoms with van der Waals surface area (Å²) in [6.07, 6.45) is 2.14. The zero-order valence-corrected chi connectivity index (χ0v) is 35.4. The average Bonchev–Trinajstić information content (AvgIpc) is 3.67. The van der Waals surface area contributed by atoms with Gasteiger partial charge in [0.2, 0.25) is 17.6 Å². The maximum absolute atomic E-state index is 15.5. The molecule has 2 N–H and O–H groups in total. The SMILES string of the molecule is COc1cc(C2C3=CCC4C(=O)N(c5ccc(N=Nc6ccc(N(C)C)cc6)cc5)C(=O)C4C3CC3C(=O)N(Nc4ccc(F)cc4)C(=O)C32c2ccc(Cl)cc2)cc(OC)c1O. The van der Waals surface area contributed by atoms with Crippen LogP contribution >= 0.6 is 11.6 Å². The lowest BCUT2D eigenvalue weighted by atomic mass is 9.49. The molecule has 15 heteroatoms. The van der Waals surface area contributed by atoms with Crippen molar-refractivity contribution in [1.29, 1.82) is 0 Å². The molecule has 63 heavy (non-hydrogen) atoms. The summed E-state index contributed by atoms with van der Waals surface area (Å²) in [5.41, 5.74) is 5.79. The van der Waals surface area contributed by atoms with E-state index in [1.165, 1.54) is 43.4 Å². The van der Waals surface area contributed by atoms with Crippen LogP contribution in [0.2, 0.25) is 5.02 Å². The standard InChI is InChI=1S/C48H42ClFN6O7/c1-54(2)33-17-13-30(14-18-33)51-52-31-15-19-34(20-16-31)55-44(58)36-22-21-35-37(41(36)46(55)60)25-38-45(59)56(53-32-11-9-29(50)10-12-32)47(61)48(38,27-5-7-28(49)8-6-27)42(35)26-23-39(62-3)43(57)40(24-26)63-4/h5-21,23-24,36-38,41-42,53,57H,22,25H2,1-4H3. The molecule has 6 unspecified atom stereocenters. The number of hydrogen-bond acceptors (Lipinski definition) is 11. The Kier molecular flexibility index (Phi) is 10.5. The Morgan fingerprint density at radius 1 is 0.794 bits per heavy atom. The highest BCUT2D eigenvalue weighted by Gasteiger charge is 2.70. The van der Waals surface area contributed by atoms with E-state index in [9.17, 15) is 19.1 Å². The number of carbonyl (C=O) groups is 4. The van der Waals surface area contributed by atoms with Crippen molar-refractivity contribution in [1.82, 2.24) is 5.01 Å². The van der Waals surface area contributed by atoms with E-state index < -0.39 is 58.5 Å². The number of azo groups is 1. The van der Waals surface area contributed by atoms with Crippen LogP contribution in [-0.2, 0) is 24.6 Å². The summed E-state index contributed by atoms with van der Waals surface area (Å²) in [6.45, 7) is 0. The number of halogens is 2. The molecular weight excluding hydrogens is 827 g/mol. The third-order valence-electron chi connectivity index (χ3n) is 12.8. The van der Waals surface area contributed by atoms with Gasteiger partial charge in [0.15, 0.2) is 11.5 Å². The molecule has 13 nitrogen and oxygen atoms in total. The highest BCUT2D eigenvalue weighted by molar-refractivity contribution is 6.30. The Morgan fingerprint density at radius 3 is 1.98 bits per heavy atom. The van der Waals surface area contributed by atoms with Crippen molar-refractivity contribution in [3.63, 3.8) is 0 Å². The molecule has 6 atom stereocenters. The molecule has 1 saturated carbocycles. The predicted molar refractivity (Wildman–Crippen MR) is 234 cm³/mol. The van der Waals surface area contributed by atoms with E-state index in [4.69, 9.17) is 21.1 Å². The number of nitrogens with zero attached hydrogens (tertiary/aromatic N) is 5. The number of phenols is 1. The maximum atomic E-state index is 15.5. The number of rotatable bonds is 10. The van der Waals surface area contributed by atoms with Crippen LogP contribution in [0.15, 0.2) is 131 Å². The molecule has 4 amide bonds. The fourth-order valence-electron chi connectivity index (χ4n) is 9.97. The Morgan fingerprint density at radius 2 is 1.40 bits per heavy atom. The Bertz CT molecular complexity index is 2690. The Labute approximate surface area is 367 Å². The number of hydrogen-bond donors (Lipinski definition) is 2. The number of amides is 4. The third kappa shape index (κ3) is 6.76. The van der Waals surface area contributed by atoms with E-state index in [2.05, 4.69) is 15.7 Å². The molecule has 3 fully saturated rings. The topological polar surface area (TPSA) is 153 Å². The Hall–Kier alpha value is -7.06. The fourth-order valence-corrected chi connectivity index (χ4v) is 10.1. The molecule has 9 rings (SSSR count). The number of aromatic hydroxyl groups is 1. The second kappa shape index (κ2) is 16.0. The second-order valence-electron chi connectivity index (χ2n) is 16.3. The van der Waals surface area contributed by atoms with Crippen LogP contribution in [0, 0.1) is 29.5 Å². The normalized spacial score (nSPS) is 24.0. The fraction of sp³-hybridized carbons (Fsp3) is 0.250. The minimum Gasteiger partial charge on any atom is -0.502 e. The molecule has 2 heterocycles. The number of imide groups is 2. The van der Waals surface area contributed by atoms with Crippen LogP contribution < -0.4 is 24.7 Å². The summed E-state index contributed by atoms with van der Waals surface area (Å²) in [4.78, 5) is 62.9. The van der Waals surface area contributed by atoms with E-state index in [1.807, 2.05) is 49.3 Å². The Balaban J connectivity index is 1.13. The van der Waals surface area contributed by atoms with Crippen molar-refractivity contribution in [2.45, 2.75) is 24.2 Å². The van der Waals surface area contributed by atoms with E-state index in [-0.39, 0.29) is 36.0 Å². The molecular formula is C48H42ClFN6O7. The van der Waals surface area contributed by atoms with Crippen molar-refractivity contribution < 1.29 is 38.1 Å². The molecule has 0 aromatic heterocycles. The molecule has 0 bridgehead atoms. The van der Waals surface area contributed by atoms with Crippen LogP contribution in [0.5, 0.6) is 17.2 Å². The lowest BCUT2D eigenvalue weighted by Gasteiger charge is -2.50. The zero-order valence-electron chi connectivity index (χ0n) is 34.7. The van der Waals surface area contributed by atoms with Gasteiger partial charge >= 0.3 is 0 Å². The first-order valence-corrected chi connectivity index (χ1v) is 20.7. The van der Waals surface area contributed by atoms with Crippen molar-refractivity contribution in [2.24, 2.45) is 33.9 Å². The second-order valence-corrected chi connectivity index (χ2v) is 16.7. The first kappa shape index (κ1) is 41.3. The minimum atomic E-state index is -1.65. The molecule has 5 aromatic carbocycles. The van der Waals surface area contributed by atoms with Gasteiger partial charge in [0, 0.05) is 30.7 Å². The van der Waals surface area contributed by atoms with Gasteiger partial charge in [0.25, 0.3) is 11.8 Å². The van der Waals surface area contributed by atoms with Gasteiger partial charge in [0.05, 0.1) is 60.1 Å². The smallest absolute Gasteiger partial charge is 0.260 e. The molecule has 2 saturated heterocycles. The number of fused-ring (bicyclic) bond motifs is 4. The van der Waals surface area contributed by atoms with E-state index in [0.29, 0.717) is 44.5 Å². The van der Waals surface area contributed by atoms with Crippen LogP contribution in [0.3, 0.4) is 0 Å². The van der Waals surface area contributed by atoms with Gasteiger partial charge in [-0.25, -0.2) is 4.39 Å². The predicted octanol–water partition coefficient (Wildman–Crippen LogP) is 8.87. The first-order valence-electron chi connectivity index (χ1n) is 20.3. The van der Waals surface area contributed by atoms with Crippen LogP contribution in [0.1, 0.15) is 29.9 Å². The monoisotopic (exact) mass is 868 g/mol. The van der Waals surface area contributed by atoms with Crippen LogP contribution in [-0.4, -0.2) is 62.1 Å². The molecule has 0 spiro atoms. The number of hydrazine groups is 1. The number of methoxy groups -OCH3 is 2. The van der Waals surface area contributed by atoms with Crippen LogP contribution in [0.4, 0.5) is 32.8 Å². The maximum Gasteiger partial charge on any atom is 0.260 e. The quantitative estimate of drug-likeness (QED) is 0.0796. The van der Waals surface area contributed by atoms with Gasteiger partial charge in [-0.3, -0.25) is 29.5 Å². The first-order chi connectivity index (χ1) is 30.3. The number of nitrogens with one attached hydrogen (secondary N) is 1. The molecule has 0 radical (unpaired) electrons. The molecule has 5 aromatic rings. The third-order valence-corrected chi connectivity index (χ3v) is 13.1. The highest BCUT2D eigenvalue weighted by atomic mass is 35.5. The number of ether oxygens (including phenoxy) is 2. The lowest BCUT2D eigenvalue weighted by Crippen LogP contribution is -2.53. The molecule has 2 aliphatic heterocycles. The van der Waals surface area contributed by atoms with Crippen molar-refractivity contribution in [2.75, 3.05) is 43.5 Å². The number of phenolic OH excluding ortho intramolecular Hbond substituents is 1. The summed E-state index contributed by atoms with van der Waals surface area (Å²) in [5, 5.41) is 21.1. The number of carbonyl (C=O) groups excluding carboxylic acids is 4. The van der Waals surface area contributed by atoms with E-state index >= 15 is 9.59 Å². The van der Waals surface area contributed by atoms with Gasteiger partial charge in [-0.05, 0) is 127 Å². The number of allylic oxidation sites excluding steroid dienone is 2. The molecule has 4 aliphatic rings. The average molecular weight is 869 g/mol. The van der Waals surface area contributed by atoms with E-state index in [0.717, 1.165) is 10.7 Å². The summed E-state index contributed by atoms with van der Waals surface area (Å²) in [7, 11) is 6.68. The summed E-state index contributed by atoms with van der Waals surface area (Å²) in [5.74, 6) is -6.96. The van der Waals surface area contributed by atoms with Crippen molar-refractivity contribution in [3.05, 3.63) is 143 Å². The van der Waals surface area contributed by atoms with Crippen molar-refractivity contribution in [3.8, 4) is 17.2 Å². The van der Waals surface area contributed by atoms with Gasteiger partial charge < -0.3 is 19.5 Å². The summed E-state index contributed by atoms with van der Waals surface area (Å²) >= 11 is 6.42. The number of benzene rings is 5.